The minimum absolute atomic E-state index is 0.249. The van der Waals surface area contributed by atoms with Gasteiger partial charge >= 0.3 is 0 Å². The van der Waals surface area contributed by atoms with E-state index >= 15 is 0 Å². The molecular weight excluding hydrogens is 400 g/mol. The Morgan fingerprint density at radius 2 is 1.81 bits per heavy atom. The number of terminal acetylenes is 1. The summed E-state index contributed by atoms with van der Waals surface area (Å²) in [6, 6.07) is 8.25. The van der Waals surface area contributed by atoms with E-state index in [1.54, 1.807) is 4.68 Å². The molecule has 1 fully saturated rings. The molecule has 0 unspecified atom stereocenters. The zero-order valence-electron chi connectivity index (χ0n) is 17.8. The Labute approximate surface area is 182 Å². The number of benzene rings is 1. The average Bonchev–Trinajstić information content (AvgIpc) is 3.07. The molecule has 8 nitrogen and oxygen atoms in total. The predicted octanol–water partition coefficient (Wildman–Crippen LogP) is 0.547. The van der Waals surface area contributed by atoms with E-state index in [4.69, 9.17) is 15.9 Å². The van der Waals surface area contributed by atoms with Crippen LogP contribution >= 0.6 is 0 Å². The largest absolute Gasteiger partial charge is 0.443 e. The molecule has 0 bridgehead atoms. The number of aromatic nitrogens is 2. The lowest BCUT2D eigenvalue weighted by Crippen LogP contribution is -2.60. The Morgan fingerprint density at radius 3 is 2.42 bits per heavy atom. The topological polar surface area (TPSA) is 117 Å². The Hall–Kier alpha value is -2.41. The summed E-state index contributed by atoms with van der Waals surface area (Å²) >= 11 is 0. The third-order valence-corrected chi connectivity index (χ3v) is 5.65. The maximum absolute atomic E-state index is 10.3. The summed E-state index contributed by atoms with van der Waals surface area (Å²) in [5.74, 6) is 2.84. The fourth-order valence-corrected chi connectivity index (χ4v) is 3.61. The molecule has 2 aromatic rings. The second kappa shape index (κ2) is 10.3. The van der Waals surface area contributed by atoms with Gasteiger partial charge in [-0.15, -0.1) is 17.4 Å². The van der Waals surface area contributed by atoms with Crippen LogP contribution in [0.1, 0.15) is 35.7 Å². The molecule has 3 rings (SSSR count). The molecule has 31 heavy (non-hydrogen) atoms. The van der Waals surface area contributed by atoms with E-state index in [0.29, 0.717) is 19.4 Å². The standard InChI is InChI=1S/C23H30N2O6/c1-4-6-11-25-14(3)17(12-16-9-7-15(5-2)8-10-16)22(24-25)31-23-21(29)20(28)19(27)18(13-26)30-23/h1,7-10,18-21,23,26-29H,5-6,11-13H2,2-3H3/t18-,19-,20+,21-,23+/m1/s1. The molecule has 1 aromatic carbocycles. The summed E-state index contributed by atoms with van der Waals surface area (Å²) in [5.41, 5.74) is 3.98. The first kappa shape index (κ1) is 23.3. The van der Waals surface area contributed by atoms with Crippen molar-refractivity contribution in [1.29, 1.82) is 0 Å². The highest BCUT2D eigenvalue weighted by Gasteiger charge is 2.45. The highest BCUT2D eigenvalue weighted by molar-refractivity contribution is 5.37. The molecule has 4 N–H and O–H groups in total. The van der Waals surface area contributed by atoms with Crippen LogP contribution in [0.3, 0.4) is 0 Å². The van der Waals surface area contributed by atoms with Gasteiger partial charge in [0.25, 0.3) is 0 Å². The number of nitrogens with zero attached hydrogens (tertiary/aromatic N) is 2. The highest BCUT2D eigenvalue weighted by atomic mass is 16.7. The second-order valence-electron chi connectivity index (χ2n) is 7.71. The van der Waals surface area contributed by atoms with Crippen molar-refractivity contribution in [1.82, 2.24) is 9.78 Å². The summed E-state index contributed by atoms with van der Waals surface area (Å²) < 4.78 is 13.1. The molecular formula is C23H30N2O6. The molecule has 1 saturated heterocycles. The predicted molar refractivity (Wildman–Crippen MR) is 113 cm³/mol. The molecule has 0 spiro atoms. The number of ether oxygens (including phenoxy) is 2. The van der Waals surface area contributed by atoms with Crippen LogP contribution in [0, 0.1) is 19.3 Å². The molecule has 0 saturated carbocycles. The summed E-state index contributed by atoms with van der Waals surface area (Å²) in [6.07, 6.45) is 0.544. The van der Waals surface area contributed by atoms with Gasteiger partial charge in [0.1, 0.15) is 24.4 Å². The Bertz CT molecular complexity index is 902. The summed E-state index contributed by atoms with van der Waals surface area (Å²) in [6.45, 7) is 3.99. The summed E-state index contributed by atoms with van der Waals surface area (Å²) in [5, 5.41) is 44.3. The van der Waals surface area contributed by atoms with Gasteiger partial charge in [-0.25, -0.2) is 0 Å². The van der Waals surface area contributed by atoms with Crippen LogP contribution in [0.2, 0.25) is 0 Å². The van der Waals surface area contributed by atoms with E-state index < -0.39 is 37.3 Å². The maximum atomic E-state index is 10.3. The van der Waals surface area contributed by atoms with Gasteiger partial charge in [-0.1, -0.05) is 31.2 Å². The number of aryl methyl sites for hydroxylation is 2. The summed E-state index contributed by atoms with van der Waals surface area (Å²) in [4.78, 5) is 0. The average molecular weight is 431 g/mol. The van der Waals surface area contributed by atoms with Crippen molar-refractivity contribution in [2.24, 2.45) is 0 Å². The third kappa shape index (κ3) is 5.09. The summed E-state index contributed by atoms with van der Waals surface area (Å²) in [7, 11) is 0. The van der Waals surface area contributed by atoms with Crippen LogP contribution < -0.4 is 4.74 Å². The molecule has 168 valence electrons. The lowest BCUT2D eigenvalue weighted by atomic mass is 9.99. The minimum Gasteiger partial charge on any atom is -0.443 e. The maximum Gasteiger partial charge on any atom is 0.239 e. The Morgan fingerprint density at radius 1 is 1.13 bits per heavy atom. The van der Waals surface area contributed by atoms with Gasteiger partial charge in [-0.3, -0.25) is 4.68 Å². The van der Waals surface area contributed by atoms with Crippen molar-refractivity contribution in [3.8, 4) is 18.2 Å². The molecule has 2 heterocycles. The van der Waals surface area contributed by atoms with Crippen molar-refractivity contribution < 1.29 is 29.9 Å². The minimum atomic E-state index is -1.52. The number of hydrogen-bond donors (Lipinski definition) is 4. The van der Waals surface area contributed by atoms with Gasteiger partial charge in [-0.05, 0) is 24.5 Å². The number of hydrogen-bond acceptors (Lipinski definition) is 7. The van der Waals surface area contributed by atoms with Gasteiger partial charge in [0, 0.05) is 24.1 Å². The monoisotopic (exact) mass is 430 g/mol. The highest BCUT2D eigenvalue weighted by Crippen LogP contribution is 2.29. The van der Waals surface area contributed by atoms with Crippen molar-refractivity contribution in [3.05, 3.63) is 46.6 Å². The molecule has 8 heteroatoms. The second-order valence-corrected chi connectivity index (χ2v) is 7.71. The lowest BCUT2D eigenvalue weighted by molar-refractivity contribution is -0.278. The van der Waals surface area contributed by atoms with E-state index in [1.165, 1.54) is 5.56 Å². The van der Waals surface area contributed by atoms with Crippen LogP contribution in [0.5, 0.6) is 5.88 Å². The van der Waals surface area contributed by atoms with Gasteiger partial charge in [0.2, 0.25) is 12.2 Å². The molecule has 1 aromatic heterocycles. The van der Waals surface area contributed by atoms with Gasteiger partial charge < -0.3 is 29.9 Å². The van der Waals surface area contributed by atoms with Crippen LogP contribution in [0.25, 0.3) is 0 Å². The molecule has 1 aliphatic heterocycles. The van der Waals surface area contributed by atoms with Gasteiger partial charge in [0.05, 0.1) is 13.2 Å². The normalized spacial score (nSPS) is 25.9. The first-order valence-corrected chi connectivity index (χ1v) is 10.4. The zero-order valence-corrected chi connectivity index (χ0v) is 17.8. The smallest absolute Gasteiger partial charge is 0.239 e. The molecule has 0 amide bonds. The van der Waals surface area contributed by atoms with E-state index in [9.17, 15) is 20.4 Å². The number of aliphatic hydroxyl groups is 4. The molecule has 0 aliphatic carbocycles. The lowest BCUT2D eigenvalue weighted by Gasteiger charge is -2.39. The zero-order chi connectivity index (χ0) is 22.5. The molecule has 0 radical (unpaired) electrons. The van der Waals surface area contributed by atoms with Crippen LogP contribution in [0.4, 0.5) is 0 Å². The van der Waals surface area contributed by atoms with E-state index in [-0.39, 0.29) is 5.88 Å². The van der Waals surface area contributed by atoms with E-state index in [2.05, 4.69) is 42.2 Å². The SMILES string of the molecule is C#CCCn1nc(O[C@@H]2O[C@H](CO)[C@@H](O)[C@H](O)[C@H]2O)c(Cc2ccc(CC)cc2)c1C. The quantitative estimate of drug-likeness (QED) is 0.452. The third-order valence-electron chi connectivity index (χ3n) is 5.65. The Kier molecular flexibility index (Phi) is 7.70. The van der Waals surface area contributed by atoms with Gasteiger partial charge in [0.15, 0.2) is 0 Å². The first-order chi connectivity index (χ1) is 14.9. The number of aliphatic hydroxyl groups excluding tert-OH is 4. The van der Waals surface area contributed by atoms with Crippen molar-refractivity contribution in [3.63, 3.8) is 0 Å². The van der Waals surface area contributed by atoms with Crippen LogP contribution in [-0.2, 0) is 24.1 Å². The van der Waals surface area contributed by atoms with Gasteiger partial charge in [-0.2, -0.15) is 0 Å². The van der Waals surface area contributed by atoms with E-state index in [0.717, 1.165) is 23.2 Å². The first-order valence-electron chi connectivity index (χ1n) is 10.4. The fraction of sp³-hybridized carbons (Fsp3) is 0.522. The fourth-order valence-electron chi connectivity index (χ4n) is 3.61. The van der Waals surface area contributed by atoms with Crippen molar-refractivity contribution >= 4 is 0 Å². The van der Waals surface area contributed by atoms with Crippen LogP contribution in [0.15, 0.2) is 24.3 Å². The van der Waals surface area contributed by atoms with Crippen molar-refractivity contribution in [2.75, 3.05) is 6.61 Å². The number of rotatable bonds is 8. The Balaban J connectivity index is 1.89. The van der Waals surface area contributed by atoms with E-state index in [1.807, 2.05) is 6.92 Å². The molecule has 1 aliphatic rings. The molecule has 5 atom stereocenters. The van der Waals surface area contributed by atoms with Crippen molar-refractivity contribution in [2.45, 2.75) is 70.4 Å². The van der Waals surface area contributed by atoms with Crippen LogP contribution in [-0.4, -0.2) is 67.5 Å².